The van der Waals surface area contributed by atoms with Gasteiger partial charge in [0.15, 0.2) is 0 Å². The Hall–Kier alpha value is -3.34. The molecule has 3 aromatic rings. The number of amides is 1. The van der Waals surface area contributed by atoms with Crippen molar-refractivity contribution >= 4 is 12.1 Å². The summed E-state index contributed by atoms with van der Waals surface area (Å²) in [6.07, 6.45) is 1.97. The molecule has 0 aliphatic carbocycles. The van der Waals surface area contributed by atoms with Gasteiger partial charge in [-0.1, -0.05) is 29.8 Å². The van der Waals surface area contributed by atoms with E-state index in [1.807, 2.05) is 31.2 Å². The maximum Gasteiger partial charge on any atom is 0.244 e. The fraction of sp³-hybridized carbons (Fsp3) is 0.250. The lowest BCUT2D eigenvalue weighted by atomic mass is 10.1. The summed E-state index contributed by atoms with van der Waals surface area (Å²) in [5.41, 5.74) is 9.05. The zero-order valence-corrected chi connectivity index (χ0v) is 17.4. The van der Waals surface area contributed by atoms with Crippen LogP contribution in [0.3, 0.4) is 0 Å². The number of ether oxygens (including phenoxy) is 1. The van der Waals surface area contributed by atoms with Crippen LogP contribution >= 0.6 is 0 Å². The lowest BCUT2D eigenvalue weighted by molar-refractivity contribution is -0.120. The Bertz CT molecular complexity index is 1000. The van der Waals surface area contributed by atoms with E-state index < -0.39 is 0 Å². The number of carbonyl (C=O) groups excluding carboxylic acids is 1. The lowest BCUT2D eigenvalue weighted by Gasteiger charge is -2.09. The molecule has 0 bridgehead atoms. The predicted molar refractivity (Wildman–Crippen MR) is 117 cm³/mol. The smallest absolute Gasteiger partial charge is 0.244 e. The molecule has 0 aliphatic rings. The van der Waals surface area contributed by atoms with Gasteiger partial charge < -0.3 is 9.30 Å². The Morgan fingerprint density at radius 1 is 1.07 bits per heavy atom. The van der Waals surface area contributed by atoms with Gasteiger partial charge in [-0.15, -0.1) is 0 Å². The molecule has 1 aromatic heterocycles. The van der Waals surface area contributed by atoms with Crippen LogP contribution in [0.2, 0.25) is 0 Å². The Morgan fingerprint density at radius 3 is 2.41 bits per heavy atom. The zero-order valence-electron chi connectivity index (χ0n) is 17.4. The molecule has 0 spiro atoms. The molecule has 1 N–H and O–H groups in total. The number of aromatic nitrogens is 1. The second-order valence-electron chi connectivity index (χ2n) is 7.04. The van der Waals surface area contributed by atoms with Gasteiger partial charge >= 0.3 is 0 Å². The normalized spacial score (nSPS) is 11.0. The van der Waals surface area contributed by atoms with Gasteiger partial charge in [-0.25, -0.2) is 5.43 Å². The van der Waals surface area contributed by atoms with Gasteiger partial charge in [0.25, 0.3) is 0 Å². The van der Waals surface area contributed by atoms with Crippen molar-refractivity contribution in [1.82, 2.24) is 9.99 Å². The van der Waals surface area contributed by atoms with E-state index in [9.17, 15) is 4.79 Å². The molecule has 0 aliphatic heterocycles. The van der Waals surface area contributed by atoms with Crippen LogP contribution in [-0.2, 0) is 11.2 Å². The van der Waals surface area contributed by atoms with Crippen molar-refractivity contribution in [1.29, 1.82) is 0 Å². The van der Waals surface area contributed by atoms with Gasteiger partial charge in [0.1, 0.15) is 5.75 Å². The minimum atomic E-state index is -0.155. The summed E-state index contributed by atoms with van der Waals surface area (Å²) in [4.78, 5) is 12.2. The van der Waals surface area contributed by atoms with Crippen LogP contribution in [0.25, 0.3) is 5.69 Å². The molecule has 0 saturated heterocycles. The summed E-state index contributed by atoms with van der Waals surface area (Å²) in [5.74, 6) is 0.649. The molecular weight excluding hydrogens is 362 g/mol. The van der Waals surface area contributed by atoms with E-state index in [1.54, 1.807) is 6.21 Å². The molecule has 2 aromatic carbocycles. The van der Waals surface area contributed by atoms with Crippen LogP contribution in [0.5, 0.6) is 5.75 Å². The number of aryl methyl sites for hydroxylation is 2. The van der Waals surface area contributed by atoms with Crippen molar-refractivity contribution in [3.05, 3.63) is 82.7 Å². The molecule has 0 unspecified atom stereocenters. The van der Waals surface area contributed by atoms with Gasteiger partial charge in [-0.3, -0.25) is 4.79 Å². The number of hydrogen-bond acceptors (Lipinski definition) is 3. The molecule has 1 heterocycles. The zero-order chi connectivity index (χ0) is 20.8. The Morgan fingerprint density at radius 2 is 1.76 bits per heavy atom. The van der Waals surface area contributed by atoms with Crippen LogP contribution in [0.1, 0.15) is 35.0 Å². The highest BCUT2D eigenvalue weighted by Crippen LogP contribution is 2.20. The van der Waals surface area contributed by atoms with Gasteiger partial charge in [0, 0.05) is 22.6 Å². The molecular formula is C24H27N3O2. The van der Waals surface area contributed by atoms with E-state index in [2.05, 4.69) is 66.2 Å². The van der Waals surface area contributed by atoms with E-state index in [4.69, 9.17) is 4.74 Å². The van der Waals surface area contributed by atoms with E-state index in [-0.39, 0.29) is 12.3 Å². The molecule has 0 saturated carbocycles. The number of nitrogens with zero attached hydrogens (tertiary/aromatic N) is 2. The quantitative estimate of drug-likeness (QED) is 0.478. The van der Waals surface area contributed by atoms with E-state index in [0.29, 0.717) is 6.61 Å². The van der Waals surface area contributed by atoms with Crippen LogP contribution in [0.4, 0.5) is 0 Å². The van der Waals surface area contributed by atoms with Crippen molar-refractivity contribution < 1.29 is 9.53 Å². The highest BCUT2D eigenvalue weighted by atomic mass is 16.5. The van der Waals surface area contributed by atoms with Crippen molar-refractivity contribution in [2.24, 2.45) is 5.10 Å². The van der Waals surface area contributed by atoms with E-state index in [1.165, 1.54) is 5.56 Å². The molecule has 0 radical (unpaired) electrons. The molecule has 1 amide bonds. The first-order valence-electron chi connectivity index (χ1n) is 9.77. The van der Waals surface area contributed by atoms with Gasteiger partial charge in [-0.2, -0.15) is 5.10 Å². The maximum atomic E-state index is 12.2. The number of hydrogen-bond donors (Lipinski definition) is 1. The standard InChI is InChI=1S/C24H27N3O2/c1-5-29-23-12-8-20(9-13-23)15-24(28)26-25-16-21-14-18(3)27(19(21)4)22-10-6-17(2)7-11-22/h6-14,16H,5,15H2,1-4H3,(H,26,28)/b25-16-. The summed E-state index contributed by atoms with van der Waals surface area (Å²) < 4.78 is 7.60. The second kappa shape index (κ2) is 9.24. The summed E-state index contributed by atoms with van der Waals surface area (Å²) in [5, 5.41) is 4.15. The van der Waals surface area contributed by atoms with E-state index in [0.717, 1.165) is 34.0 Å². The van der Waals surface area contributed by atoms with Crippen molar-refractivity contribution in [3.63, 3.8) is 0 Å². The Labute approximate surface area is 172 Å². The molecule has 0 fully saturated rings. The maximum absolute atomic E-state index is 12.2. The van der Waals surface area contributed by atoms with Gasteiger partial charge in [0.2, 0.25) is 5.91 Å². The molecule has 5 nitrogen and oxygen atoms in total. The molecule has 29 heavy (non-hydrogen) atoms. The molecule has 3 rings (SSSR count). The Kier molecular flexibility index (Phi) is 6.50. The fourth-order valence-electron chi connectivity index (χ4n) is 3.28. The summed E-state index contributed by atoms with van der Waals surface area (Å²) in [6.45, 7) is 8.76. The number of carbonyl (C=O) groups is 1. The van der Waals surface area contributed by atoms with Crippen molar-refractivity contribution in [3.8, 4) is 11.4 Å². The monoisotopic (exact) mass is 389 g/mol. The largest absolute Gasteiger partial charge is 0.494 e. The van der Waals surface area contributed by atoms with Crippen LogP contribution in [-0.4, -0.2) is 23.3 Å². The average Bonchev–Trinajstić information content (AvgIpc) is 2.98. The minimum absolute atomic E-state index is 0.155. The van der Waals surface area contributed by atoms with Gasteiger partial charge in [0.05, 0.1) is 19.2 Å². The third kappa shape index (κ3) is 5.13. The fourth-order valence-corrected chi connectivity index (χ4v) is 3.28. The molecule has 150 valence electrons. The third-order valence-electron chi connectivity index (χ3n) is 4.75. The first-order chi connectivity index (χ1) is 14.0. The van der Waals surface area contributed by atoms with Crippen molar-refractivity contribution in [2.45, 2.75) is 34.1 Å². The lowest BCUT2D eigenvalue weighted by Crippen LogP contribution is -2.19. The third-order valence-corrected chi connectivity index (χ3v) is 4.75. The summed E-state index contributed by atoms with van der Waals surface area (Å²) in [6, 6.07) is 18.0. The van der Waals surface area contributed by atoms with Crippen LogP contribution in [0.15, 0.2) is 59.7 Å². The number of rotatable bonds is 7. The number of nitrogens with one attached hydrogen (secondary N) is 1. The minimum Gasteiger partial charge on any atom is -0.494 e. The highest BCUT2D eigenvalue weighted by molar-refractivity contribution is 5.84. The second-order valence-corrected chi connectivity index (χ2v) is 7.04. The average molecular weight is 389 g/mol. The molecule has 5 heteroatoms. The van der Waals surface area contributed by atoms with Crippen molar-refractivity contribution in [2.75, 3.05) is 6.61 Å². The first kappa shape index (κ1) is 20.4. The summed E-state index contributed by atoms with van der Waals surface area (Å²) in [7, 11) is 0. The predicted octanol–water partition coefficient (Wildman–Crippen LogP) is 4.49. The SMILES string of the molecule is CCOc1ccc(CC(=O)N/N=C\c2cc(C)n(-c3ccc(C)cc3)c2C)cc1. The van der Waals surface area contributed by atoms with Crippen LogP contribution < -0.4 is 10.2 Å². The number of benzene rings is 2. The van der Waals surface area contributed by atoms with Gasteiger partial charge in [-0.05, 0) is 63.6 Å². The first-order valence-corrected chi connectivity index (χ1v) is 9.77. The number of hydrazone groups is 1. The van der Waals surface area contributed by atoms with E-state index >= 15 is 0 Å². The highest BCUT2D eigenvalue weighted by Gasteiger charge is 2.09. The summed E-state index contributed by atoms with van der Waals surface area (Å²) >= 11 is 0. The van der Waals surface area contributed by atoms with Crippen LogP contribution in [0, 0.1) is 20.8 Å². The molecule has 0 atom stereocenters. The Balaban J connectivity index is 1.63. The topological polar surface area (TPSA) is 55.6 Å².